The molecule has 2 aromatic carbocycles. The molecule has 0 aliphatic heterocycles. The van der Waals surface area contributed by atoms with Crippen molar-refractivity contribution in [2.24, 2.45) is 0 Å². The number of likely N-dealkylation sites (N-methyl/N-ethyl adjacent to an activating group) is 1. The number of anilines is 2. The number of amides is 1. The Morgan fingerprint density at radius 1 is 0.903 bits per heavy atom. The van der Waals surface area contributed by atoms with E-state index in [9.17, 15) is 9.18 Å². The zero-order chi connectivity index (χ0) is 23.4. The minimum Gasteiger partial charge on any atom is -0.473 e. The minimum absolute atomic E-state index is 0.0693. The van der Waals surface area contributed by atoms with E-state index in [4.69, 9.17) is 19.8 Å². The highest BCUT2D eigenvalue weighted by Crippen LogP contribution is 2.17. The Hall–Kier alpha value is -3.46. The fourth-order valence-electron chi connectivity index (χ4n) is 2.75. The predicted molar refractivity (Wildman–Crippen MR) is 117 cm³/mol. The van der Waals surface area contributed by atoms with Gasteiger partial charge in [-0.2, -0.15) is 0 Å². The summed E-state index contributed by atoms with van der Waals surface area (Å²) >= 11 is 0. The van der Waals surface area contributed by atoms with Crippen LogP contribution in [0.2, 0.25) is 0 Å². The first kappa shape index (κ1) is 25.6. The normalized spacial score (nSPS) is 10.1. The highest BCUT2D eigenvalue weighted by molar-refractivity contribution is 6.27. The van der Waals surface area contributed by atoms with Crippen LogP contribution in [-0.4, -0.2) is 59.6 Å². The van der Waals surface area contributed by atoms with E-state index in [1.807, 2.05) is 36.2 Å². The summed E-state index contributed by atoms with van der Waals surface area (Å²) < 4.78 is 12.9. The van der Waals surface area contributed by atoms with Crippen LogP contribution in [0, 0.1) is 5.82 Å². The summed E-state index contributed by atoms with van der Waals surface area (Å²) in [4.78, 5) is 34.5. The molecule has 0 saturated carbocycles. The monoisotopic (exact) mass is 433 g/mol. The zero-order valence-electron chi connectivity index (χ0n) is 17.8. The molecule has 0 saturated heterocycles. The summed E-state index contributed by atoms with van der Waals surface area (Å²) in [6, 6.07) is 14.2. The SMILES string of the molecule is CCN(CC)c1ccc(NC(=O)CN(C)Cc2ccc(F)cc2)cc1.O=C(O)C(=O)O. The Labute approximate surface area is 180 Å². The second-order valence-electron chi connectivity index (χ2n) is 6.68. The van der Waals surface area contributed by atoms with E-state index < -0.39 is 11.9 Å². The Balaban J connectivity index is 0.000000703. The van der Waals surface area contributed by atoms with Crippen molar-refractivity contribution in [1.82, 2.24) is 4.90 Å². The summed E-state index contributed by atoms with van der Waals surface area (Å²) in [6.45, 7) is 7.02. The number of hydrogen-bond donors (Lipinski definition) is 3. The molecule has 0 atom stereocenters. The van der Waals surface area contributed by atoms with Gasteiger partial charge in [0.15, 0.2) is 0 Å². The van der Waals surface area contributed by atoms with Crippen LogP contribution in [0.4, 0.5) is 15.8 Å². The van der Waals surface area contributed by atoms with Crippen molar-refractivity contribution in [3.63, 3.8) is 0 Å². The van der Waals surface area contributed by atoms with Crippen LogP contribution >= 0.6 is 0 Å². The molecule has 3 N–H and O–H groups in total. The average molecular weight is 433 g/mol. The third kappa shape index (κ3) is 9.72. The number of nitrogens with zero attached hydrogens (tertiary/aromatic N) is 2. The number of carboxylic acid groups (broad SMARTS) is 2. The summed E-state index contributed by atoms with van der Waals surface area (Å²) in [5.74, 6) is -3.97. The zero-order valence-corrected chi connectivity index (χ0v) is 17.8. The summed E-state index contributed by atoms with van der Waals surface area (Å²) in [5.41, 5.74) is 2.91. The number of halogens is 1. The van der Waals surface area contributed by atoms with Crippen molar-refractivity contribution in [3.05, 3.63) is 59.9 Å². The third-order valence-corrected chi connectivity index (χ3v) is 4.24. The van der Waals surface area contributed by atoms with Crippen molar-refractivity contribution >= 4 is 29.2 Å². The van der Waals surface area contributed by atoms with Crippen molar-refractivity contribution < 1.29 is 29.0 Å². The summed E-state index contributed by atoms with van der Waals surface area (Å²) in [7, 11) is 1.87. The number of carbonyl (C=O) groups is 3. The number of carbonyl (C=O) groups excluding carboxylic acids is 1. The van der Waals surface area contributed by atoms with Gasteiger partial charge in [0.05, 0.1) is 6.54 Å². The van der Waals surface area contributed by atoms with Gasteiger partial charge in [-0.05, 0) is 62.9 Å². The quantitative estimate of drug-likeness (QED) is 0.549. The highest BCUT2D eigenvalue weighted by atomic mass is 19.1. The molecule has 2 rings (SSSR count). The number of hydrogen-bond acceptors (Lipinski definition) is 5. The average Bonchev–Trinajstić information content (AvgIpc) is 2.72. The summed E-state index contributed by atoms with van der Waals surface area (Å²) in [5, 5.41) is 17.7. The topological polar surface area (TPSA) is 110 Å². The predicted octanol–water partition coefficient (Wildman–Crippen LogP) is 2.90. The fraction of sp³-hybridized carbons (Fsp3) is 0.318. The Bertz CT molecular complexity index is 840. The Kier molecular flexibility index (Phi) is 10.7. The van der Waals surface area contributed by atoms with E-state index in [1.54, 1.807) is 12.1 Å². The smallest absolute Gasteiger partial charge is 0.414 e. The molecule has 9 heteroatoms. The van der Waals surface area contributed by atoms with Crippen LogP contribution in [0.3, 0.4) is 0 Å². The van der Waals surface area contributed by atoms with Gasteiger partial charge in [0, 0.05) is 31.0 Å². The number of carboxylic acids is 2. The van der Waals surface area contributed by atoms with Gasteiger partial charge >= 0.3 is 11.9 Å². The second-order valence-corrected chi connectivity index (χ2v) is 6.68. The first-order valence-corrected chi connectivity index (χ1v) is 9.70. The van der Waals surface area contributed by atoms with Crippen molar-refractivity contribution in [2.45, 2.75) is 20.4 Å². The van der Waals surface area contributed by atoms with Crippen LogP contribution in [-0.2, 0) is 20.9 Å². The molecule has 0 unspecified atom stereocenters. The lowest BCUT2D eigenvalue weighted by atomic mass is 10.2. The van der Waals surface area contributed by atoms with E-state index in [1.165, 1.54) is 12.1 Å². The first-order chi connectivity index (χ1) is 14.7. The van der Waals surface area contributed by atoms with Gasteiger partial charge in [0.25, 0.3) is 0 Å². The van der Waals surface area contributed by atoms with Gasteiger partial charge < -0.3 is 20.4 Å². The second kappa shape index (κ2) is 13.0. The standard InChI is InChI=1S/C20H26FN3O.C2H2O4/c1-4-24(5-2)19-12-10-18(11-13-19)22-20(25)15-23(3)14-16-6-8-17(21)9-7-16;3-1(4)2(5)6/h6-13H,4-5,14-15H2,1-3H3,(H,22,25);(H,3,4)(H,5,6). The number of benzene rings is 2. The molecule has 31 heavy (non-hydrogen) atoms. The molecule has 168 valence electrons. The molecule has 8 nitrogen and oxygen atoms in total. The van der Waals surface area contributed by atoms with Crippen molar-refractivity contribution in [2.75, 3.05) is 36.9 Å². The Morgan fingerprint density at radius 2 is 1.42 bits per heavy atom. The van der Waals surface area contributed by atoms with Crippen molar-refractivity contribution in [3.8, 4) is 0 Å². The van der Waals surface area contributed by atoms with Crippen LogP contribution in [0.15, 0.2) is 48.5 Å². The maximum Gasteiger partial charge on any atom is 0.414 e. The number of nitrogens with one attached hydrogen (secondary N) is 1. The van der Waals surface area contributed by atoms with Crippen LogP contribution in [0.1, 0.15) is 19.4 Å². The fourth-order valence-corrected chi connectivity index (χ4v) is 2.75. The molecule has 0 aliphatic carbocycles. The lowest BCUT2D eigenvalue weighted by Crippen LogP contribution is -2.29. The van der Waals surface area contributed by atoms with Gasteiger partial charge in [-0.3, -0.25) is 9.69 Å². The van der Waals surface area contributed by atoms with E-state index >= 15 is 0 Å². The van der Waals surface area contributed by atoms with Crippen LogP contribution in [0.25, 0.3) is 0 Å². The van der Waals surface area contributed by atoms with Crippen LogP contribution in [0.5, 0.6) is 0 Å². The van der Waals surface area contributed by atoms with E-state index in [0.717, 1.165) is 30.0 Å². The molecular weight excluding hydrogens is 405 g/mol. The van der Waals surface area contributed by atoms with Gasteiger partial charge in [-0.15, -0.1) is 0 Å². The molecule has 0 heterocycles. The minimum atomic E-state index is -1.82. The van der Waals surface area contributed by atoms with Gasteiger partial charge in [0.1, 0.15) is 5.82 Å². The third-order valence-electron chi connectivity index (χ3n) is 4.24. The van der Waals surface area contributed by atoms with Gasteiger partial charge in [-0.25, -0.2) is 14.0 Å². The molecule has 0 spiro atoms. The first-order valence-electron chi connectivity index (χ1n) is 9.70. The number of aliphatic carboxylic acids is 2. The highest BCUT2D eigenvalue weighted by Gasteiger charge is 2.09. The lowest BCUT2D eigenvalue weighted by Gasteiger charge is -2.21. The van der Waals surface area contributed by atoms with Gasteiger partial charge in [-0.1, -0.05) is 12.1 Å². The maximum atomic E-state index is 12.9. The molecule has 0 bridgehead atoms. The number of rotatable bonds is 8. The molecule has 0 aromatic heterocycles. The van der Waals surface area contributed by atoms with E-state index in [-0.39, 0.29) is 18.3 Å². The molecular formula is C22H28FN3O5. The Morgan fingerprint density at radius 3 is 1.87 bits per heavy atom. The lowest BCUT2D eigenvalue weighted by molar-refractivity contribution is -0.159. The van der Waals surface area contributed by atoms with Crippen LogP contribution < -0.4 is 10.2 Å². The van der Waals surface area contributed by atoms with E-state index in [0.29, 0.717) is 6.54 Å². The van der Waals surface area contributed by atoms with E-state index in [2.05, 4.69) is 24.1 Å². The maximum absolute atomic E-state index is 12.9. The molecule has 2 aromatic rings. The van der Waals surface area contributed by atoms with Crippen molar-refractivity contribution in [1.29, 1.82) is 0 Å². The molecule has 0 aliphatic rings. The molecule has 0 fully saturated rings. The largest absolute Gasteiger partial charge is 0.473 e. The molecule has 1 amide bonds. The molecule has 0 radical (unpaired) electrons. The summed E-state index contributed by atoms with van der Waals surface area (Å²) in [6.07, 6.45) is 0. The van der Waals surface area contributed by atoms with Gasteiger partial charge in [0.2, 0.25) is 5.91 Å².